The van der Waals surface area contributed by atoms with Crippen molar-refractivity contribution in [3.63, 3.8) is 0 Å². The summed E-state index contributed by atoms with van der Waals surface area (Å²) >= 11 is 0. The fourth-order valence-corrected chi connectivity index (χ4v) is 1.87. The number of hydrogen-bond acceptors (Lipinski definition) is 3. The molecule has 0 fully saturated rings. The van der Waals surface area contributed by atoms with Gasteiger partial charge in [-0.3, -0.25) is 10.1 Å². The van der Waals surface area contributed by atoms with Crippen LogP contribution in [0.5, 0.6) is 0 Å². The minimum atomic E-state index is -0.951. The number of hydrogen-bond donors (Lipinski definition) is 1. The number of anilines is 1. The van der Waals surface area contributed by atoms with Gasteiger partial charge in [-0.15, -0.1) is 0 Å². The molecule has 1 unspecified atom stereocenters. The predicted molar refractivity (Wildman–Crippen MR) is 70.2 cm³/mol. The van der Waals surface area contributed by atoms with E-state index in [9.17, 15) is 18.9 Å². The highest BCUT2D eigenvalue weighted by molar-refractivity contribution is 5.62. The largest absolute Gasteiger partial charge is 0.375 e. The Balaban J connectivity index is 2.84. The normalized spacial score (nSPS) is 12.2. The summed E-state index contributed by atoms with van der Waals surface area (Å²) in [6.07, 6.45) is 3.86. The third kappa shape index (κ3) is 4.46. The maximum absolute atomic E-state index is 13.6. The zero-order valence-corrected chi connectivity index (χ0v) is 11.1. The molecule has 1 rings (SSSR count). The van der Waals surface area contributed by atoms with Crippen LogP contribution in [-0.4, -0.2) is 11.0 Å². The molecule has 0 aliphatic heterocycles. The monoisotopic (exact) mass is 272 g/mol. The van der Waals surface area contributed by atoms with Crippen LogP contribution in [0.2, 0.25) is 0 Å². The SMILES string of the molecule is CCCCCC(C)Nc1c(F)cc(F)cc1[N+](=O)[O-]. The van der Waals surface area contributed by atoms with Crippen molar-refractivity contribution in [3.8, 4) is 0 Å². The van der Waals surface area contributed by atoms with Crippen LogP contribution >= 0.6 is 0 Å². The first-order valence-electron chi connectivity index (χ1n) is 6.35. The minimum Gasteiger partial charge on any atom is -0.375 e. The van der Waals surface area contributed by atoms with Gasteiger partial charge in [0.1, 0.15) is 11.5 Å². The molecule has 0 aromatic heterocycles. The molecule has 0 aliphatic rings. The van der Waals surface area contributed by atoms with E-state index in [1.807, 2.05) is 6.92 Å². The maximum atomic E-state index is 13.6. The molecule has 0 bridgehead atoms. The standard InChI is InChI=1S/C13H18F2N2O2/c1-3-4-5-6-9(2)16-13-11(15)7-10(14)8-12(13)17(18)19/h7-9,16H,3-6H2,1-2H3. The number of halogens is 2. The highest BCUT2D eigenvalue weighted by Crippen LogP contribution is 2.29. The number of nitrogens with zero attached hydrogens (tertiary/aromatic N) is 1. The molecular weight excluding hydrogens is 254 g/mol. The van der Waals surface area contributed by atoms with Crippen molar-refractivity contribution >= 4 is 11.4 Å². The van der Waals surface area contributed by atoms with E-state index in [1.54, 1.807) is 0 Å². The second-order valence-corrected chi connectivity index (χ2v) is 4.58. The van der Waals surface area contributed by atoms with Crippen molar-refractivity contribution in [1.82, 2.24) is 0 Å². The number of nitro groups is 1. The molecule has 1 atom stereocenters. The fourth-order valence-electron chi connectivity index (χ4n) is 1.87. The number of unbranched alkanes of at least 4 members (excludes halogenated alkanes) is 2. The molecule has 0 saturated heterocycles. The van der Waals surface area contributed by atoms with Crippen molar-refractivity contribution < 1.29 is 13.7 Å². The van der Waals surface area contributed by atoms with Gasteiger partial charge < -0.3 is 5.32 Å². The molecule has 1 N–H and O–H groups in total. The molecule has 0 heterocycles. The van der Waals surface area contributed by atoms with Crippen LogP contribution < -0.4 is 5.32 Å². The van der Waals surface area contributed by atoms with Gasteiger partial charge in [0.15, 0.2) is 5.82 Å². The summed E-state index contributed by atoms with van der Waals surface area (Å²) in [6, 6.07) is 1.27. The Morgan fingerprint density at radius 3 is 2.63 bits per heavy atom. The van der Waals surface area contributed by atoms with Crippen LogP contribution in [0.3, 0.4) is 0 Å². The lowest BCUT2D eigenvalue weighted by Crippen LogP contribution is -2.17. The molecule has 0 radical (unpaired) electrons. The Morgan fingerprint density at radius 2 is 2.05 bits per heavy atom. The Labute approximate surface area is 111 Å². The van der Waals surface area contributed by atoms with Gasteiger partial charge >= 0.3 is 0 Å². The summed E-state index contributed by atoms with van der Waals surface area (Å²) in [5.74, 6) is -1.89. The maximum Gasteiger partial charge on any atom is 0.298 e. The third-order valence-electron chi connectivity index (χ3n) is 2.86. The molecule has 1 aromatic rings. The second-order valence-electron chi connectivity index (χ2n) is 4.58. The van der Waals surface area contributed by atoms with E-state index in [2.05, 4.69) is 12.2 Å². The first kappa shape index (κ1) is 15.3. The average molecular weight is 272 g/mol. The molecule has 6 heteroatoms. The van der Waals surface area contributed by atoms with E-state index in [1.165, 1.54) is 0 Å². The Hall–Kier alpha value is -1.72. The lowest BCUT2D eigenvalue weighted by molar-refractivity contribution is -0.384. The first-order chi connectivity index (χ1) is 8.95. The van der Waals surface area contributed by atoms with E-state index < -0.39 is 22.2 Å². The van der Waals surface area contributed by atoms with E-state index >= 15 is 0 Å². The third-order valence-corrected chi connectivity index (χ3v) is 2.86. The summed E-state index contributed by atoms with van der Waals surface area (Å²) in [5.41, 5.74) is -0.810. The topological polar surface area (TPSA) is 55.2 Å². The lowest BCUT2D eigenvalue weighted by Gasteiger charge is -2.15. The van der Waals surface area contributed by atoms with Gasteiger partial charge in [-0.25, -0.2) is 8.78 Å². The van der Waals surface area contributed by atoms with Gasteiger partial charge in [0, 0.05) is 12.1 Å². The smallest absolute Gasteiger partial charge is 0.298 e. The predicted octanol–water partition coefficient (Wildman–Crippen LogP) is 4.25. The van der Waals surface area contributed by atoms with Crippen molar-refractivity contribution in [3.05, 3.63) is 33.9 Å². The number of rotatable bonds is 7. The van der Waals surface area contributed by atoms with Crippen molar-refractivity contribution in [2.45, 2.75) is 45.6 Å². The van der Waals surface area contributed by atoms with Crippen molar-refractivity contribution in [2.75, 3.05) is 5.32 Å². The van der Waals surface area contributed by atoms with Crippen LogP contribution in [0.25, 0.3) is 0 Å². The van der Waals surface area contributed by atoms with Gasteiger partial charge in [0.2, 0.25) is 0 Å². The highest BCUT2D eigenvalue weighted by atomic mass is 19.1. The zero-order valence-electron chi connectivity index (χ0n) is 11.1. The van der Waals surface area contributed by atoms with Crippen molar-refractivity contribution in [2.24, 2.45) is 0 Å². The second kappa shape index (κ2) is 7.01. The summed E-state index contributed by atoms with van der Waals surface area (Å²) in [4.78, 5) is 10.0. The molecule has 0 aliphatic carbocycles. The van der Waals surface area contributed by atoms with Gasteiger partial charge in [-0.05, 0) is 13.3 Å². The van der Waals surface area contributed by atoms with Crippen LogP contribution in [0, 0.1) is 21.7 Å². The van der Waals surface area contributed by atoms with Gasteiger partial charge in [0.25, 0.3) is 5.69 Å². The molecular formula is C13H18F2N2O2. The summed E-state index contributed by atoms with van der Waals surface area (Å²) in [7, 11) is 0. The fraction of sp³-hybridized carbons (Fsp3) is 0.538. The van der Waals surface area contributed by atoms with Crippen molar-refractivity contribution in [1.29, 1.82) is 0 Å². The molecule has 0 amide bonds. The minimum absolute atomic E-state index is 0.106. The molecule has 19 heavy (non-hydrogen) atoms. The van der Waals surface area contributed by atoms with Crippen LogP contribution in [0.4, 0.5) is 20.2 Å². The van der Waals surface area contributed by atoms with Crippen LogP contribution in [-0.2, 0) is 0 Å². The molecule has 1 aromatic carbocycles. The molecule has 4 nitrogen and oxygen atoms in total. The van der Waals surface area contributed by atoms with E-state index in [-0.39, 0.29) is 11.7 Å². The summed E-state index contributed by atoms with van der Waals surface area (Å²) < 4.78 is 26.6. The van der Waals surface area contributed by atoms with Gasteiger partial charge in [0.05, 0.1) is 11.0 Å². The number of nitro benzene ring substituents is 1. The average Bonchev–Trinajstić information content (AvgIpc) is 2.32. The van der Waals surface area contributed by atoms with Crippen LogP contribution in [0.15, 0.2) is 12.1 Å². The zero-order chi connectivity index (χ0) is 14.4. The summed E-state index contributed by atoms with van der Waals surface area (Å²) in [5, 5.41) is 13.6. The van der Waals surface area contributed by atoms with E-state index in [4.69, 9.17) is 0 Å². The van der Waals surface area contributed by atoms with E-state index in [0.29, 0.717) is 6.07 Å². The lowest BCUT2D eigenvalue weighted by atomic mass is 10.1. The summed E-state index contributed by atoms with van der Waals surface area (Å²) in [6.45, 7) is 3.89. The van der Waals surface area contributed by atoms with Gasteiger partial charge in [-0.2, -0.15) is 0 Å². The van der Waals surface area contributed by atoms with E-state index in [0.717, 1.165) is 31.7 Å². The molecule has 0 saturated carbocycles. The molecule has 106 valence electrons. The number of benzene rings is 1. The Bertz CT molecular complexity index is 453. The quantitative estimate of drug-likeness (QED) is 0.458. The Morgan fingerprint density at radius 1 is 1.37 bits per heavy atom. The highest BCUT2D eigenvalue weighted by Gasteiger charge is 2.21. The molecule has 0 spiro atoms. The number of nitrogens with one attached hydrogen (secondary N) is 1. The van der Waals surface area contributed by atoms with Crippen LogP contribution in [0.1, 0.15) is 39.5 Å². The first-order valence-corrected chi connectivity index (χ1v) is 6.35. The Kier molecular flexibility index (Phi) is 5.66. The van der Waals surface area contributed by atoms with Gasteiger partial charge in [-0.1, -0.05) is 26.2 Å².